The van der Waals surface area contributed by atoms with Gasteiger partial charge in [-0.05, 0) is 28.7 Å². The van der Waals surface area contributed by atoms with Crippen LogP contribution in [0, 0.1) is 19.5 Å². The van der Waals surface area contributed by atoms with E-state index in [0.29, 0.717) is 0 Å². The van der Waals surface area contributed by atoms with Gasteiger partial charge < -0.3 is 5.73 Å². The Morgan fingerprint density at radius 3 is 2.57 bits per heavy atom. The number of nitrogens with zero attached hydrogens (tertiary/aromatic N) is 1. The molecule has 14 heavy (non-hydrogen) atoms. The molecule has 1 amide bonds. The number of carbonyl (C=O) groups excluding carboxylic acids is 1. The lowest BCUT2D eigenvalue weighted by atomic mass is 10.2. The maximum atomic E-state index is 13.0. The first-order valence-electron chi connectivity index (χ1n) is 3.37. The van der Waals surface area contributed by atoms with Crippen molar-refractivity contribution in [3.63, 3.8) is 0 Å². The third kappa shape index (κ3) is 1.81. The minimum atomic E-state index is -1.02. The number of rotatable bonds is 2. The molecule has 1 aromatic carbocycles. The van der Waals surface area contributed by atoms with Crippen LogP contribution in [-0.2, 0) is 0 Å². The highest BCUT2D eigenvalue weighted by Gasteiger charge is 2.21. The van der Waals surface area contributed by atoms with Crippen molar-refractivity contribution >= 4 is 34.2 Å². The van der Waals surface area contributed by atoms with Gasteiger partial charge in [0, 0.05) is 6.07 Å². The van der Waals surface area contributed by atoms with Gasteiger partial charge in [-0.3, -0.25) is 14.9 Å². The first-order chi connectivity index (χ1) is 6.45. The zero-order chi connectivity index (χ0) is 10.9. The highest BCUT2D eigenvalue weighted by atomic mass is 127. The highest BCUT2D eigenvalue weighted by molar-refractivity contribution is 14.1. The van der Waals surface area contributed by atoms with E-state index < -0.39 is 22.2 Å². The number of nitrogens with two attached hydrogens (primary N) is 1. The summed E-state index contributed by atoms with van der Waals surface area (Å²) in [6.45, 7) is 0. The van der Waals surface area contributed by atoms with Crippen molar-refractivity contribution in [2.45, 2.75) is 0 Å². The third-order valence-electron chi connectivity index (χ3n) is 1.51. The Bertz CT molecular complexity index is 422. The van der Waals surface area contributed by atoms with Crippen LogP contribution in [0.3, 0.4) is 0 Å². The fourth-order valence-corrected chi connectivity index (χ4v) is 1.81. The summed E-state index contributed by atoms with van der Waals surface area (Å²) >= 11 is 1.51. The second kappa shape index (κ2) is 3.86. The third-order valence-corrected chi connectivity index (χ3v) is 2.61. The van der Waals surface area contributed by atoms with E-state index >= 15 is 0 Å². The van der Waals surface area contributed by atoms with Gasteiger partial charge in [0.2, 0.25) is 0 Å². The number of halogens is 2. The molecule has 0 aliphatic heterocycles. The predicted octanol–water partition coefficient (Wildman–Crippen LogP) is 1.44. The van der Waals surface area contributed by atoms with Gasteiger partial charge in [0.15, 0.2) is 0 Å². The first-order valence-corrected chi connectivity index (χ1v) is 4.45. The van der Waals surface area contributed by atoms with E-state index in [4.69, 9.17) is 5.73 Å². The Balaban J connectivity index is 3.49. The summed E-state index contributed by atoms with van der Waals surface area (Å²) in [7, 11) is 0. The lowest BCUT2D eigenvalue weighted by molar-refractivity contribution is -0.385. The Kier molecular flexibility index (Phi) is 2.99. The van der Waals surface area contributed by atoms with Gasteiger partial charge in [0.25, 0.3) is 11.6 Å². The zero-order valence-corrected chi connectivity index (χ0v) is 8.82. The smallest absolute Gasteiger partial charge is 0.283 e. The Labute approximate surface area is 91.4 Å². The molecule has 0 heterocycles. The van der Waals surface area contributed by atoms with Crippen molar-refractivity contribution in [2.24, 2.45) is 5.73 Å². The van der Waals surface area contributed by atoms with Crippen LogP contribution in [0.15, 0.2) is 12.1 Å². The molecule has 2 N–H and O–H groups in total. The molecule has 0 spiro atoms. The second-order valence-electron chi connectivity index (χ2n) is 2.38. The molecule has 0 radical (unpaired) electrons. The van der Waals surface area contributed by atoms with Gasteiger partial charge in [-0.1, -0.05) is 0 Å². The van der Waals surface area contributed by atoms with Crippen molar-refractivity contribution in [3.05, 3.63) is 37.2 Å². The Morgan fingerprint density at radius 2 is 2.14 bits per heavy atom. The number of amides is 1. The molecule has 7 heteroatoms. The standard InChI is InChI=1S/C7H4FIN2O3/c8-3-1-2-4(11(13)14)6(9)5(3)7(10)12/h1-2H,(H2,10,12). The molecule has 1 aromatic rings. The largest absolute Gasteiger partial charge is 0.365 e. The number of nitro benzene ring substituents is 1. The van der Waals surface area contributed by atoms with E-state index in [1.807, 2.05) is 0 Å². The Hall–Kier alpha value is -1.25. The van der Waals surface area contributed by atoms with E-state index in [-0.39, 0.29) is 9.26 Å². The molecule has 74 valence electrons. The van der Waals surface area contributed by atoms with E-state index in [1.54, 1.807) is 0 Å². The Morgan fingerprint density at radius 1 is 1.57 bits per heavy atom. The van der Waals surface area contributed by atoms with Crippen LogP contribution in [0.4, 0.5) is 10.1 Å². The van der Waals surface area contributed by atoms with Gasteiger partial charge in [-0.15, -0.1) is 0 Å². The van der Waals surface area contributed by atoms with E-state index in [9.17, 15) is 19.3 Å². The van der Waals surface area contributed by atoms with E-state index in [2.05, 4.69) is 0 Å². The first kappa shape index (κ1) is 10.8. The molecule has 0 aromatic heterocycles. The van der Waals surface area contributed by atoms with Gasteiger partial charge >= 0.3 is 0 Å². The maximum absolute atomic E-state index is 13.0. The van der Waals surface area contributed by atoms with Crippen molar-refractivity contribution < 1.29 is 14.1 Å². The van der Waals surface area contributed by atoms with Crippen LogP contribution in [0.2, 0.25) is 0 Å². The number of benzene rings is 1. The molecule has 0 atom stereocenters. The molecular weight excluding hydrogens is 306 g/mol. The summed E-state index contributed by atoms with van der Waals surface area (Å²) < 4.78 is 12.9. The molecule has 5 nitrogen and oxygen atoms in total. The fourth-order valence-electron chi connectivity index (χ4n) is 0.908. The van der Waals surface area contributed by atoms with Crippen molar-refractivity contribution in [2.75, 3.05) is 0 Å². The number of nitro groups is 1. The van der Waals surface area contributed by atoms with E-state index in [1.165, 1.54) is 22.6 Å². The molecule has 0 saturated carbocycles. The predicted molar refractivity (Wildman–Crippen MR) is 54.3 cm³/mol. The van der Waals surface area contributed by atoms with Gasteiger partial charge in [-0.25, -0.2) is 4.39 Å². The molecule has 0 saturated heterocycles. The number of carbonyl (C=O) groups is 1. The summed E-state index contributed by atoms with van der Waals surface area (Å²) in [4.78, 5) is 20.5. The minimum absolute atomic E-state index is 0.0832. The SMILES string of the molecule is NC(=O)c1c(F)ccc([N+](=O)[O-])c1I. The van der Waals surface area contributed by atoms with E-state index in [0.717, 1.165) is 12.1 Å². The van der Waals surface area contributed by atoms with Crippen molar-refractivity contribution in [3.8, 4) is 0 Å². The minimum Gasteiger partial charge on any atom is -0.365 e. The molecule has 0 aliphatic rings. The highest BCUT2D eigenvalue weighted by Crippen LogP contribution is 2.25. The zero-order valence-electron chi connectivity index (χ0n) is 6.66. The van der Waals surface area contributed by atoms with Gasteiger partial charge in [0.05, 0.1) is 10.5 Å². The molecule has 0 unspecified atom stereocenters. The van der Waals surface area contributed by atoms with Gasteiger partial charge in [0.1, 0.15) is 9.39 Å². The normalized spacial score (nSPS) is 9.86. The number of primary amides is 1. The van der Waals surface area contributed by atoms with Crippen molar-refractivity contribution in [1.82, 2.24) is 0 Å². The average Bonchev–Trinajstić information content (AvgIpc) is 2.02. The lowest BCUT2D eigenvalue weighted by Crippen LogP contribution is -2.16. The summed E-state index contributed by atoms with van der Waals surface area (Å²) in [5, 5.41) is 10.4. The molecular formula is C7H4FIN2O3. The van der Waals surface area contributed by atoms with Crippen LogP contribution >= 0.6 is 22.6 Å². The van der Waals surface area contributed by atoms with Gasteiger partial charge in [-0.2, -0.15) is 0 Å². The monoisotopic (exact) mass is 310 g/mol. The summed E-state index contributed by atoms with van der Waals surface area (Å²) in [6, 6.07) is 1.84. The summed E-state index contributed by atoms with van der Waals surface area (Å²) in [6.07, 6.45) is 0. The molecule has 0 aliphatic carbocycles. The molecule has 0 bridgehead atoms. The van der Waals surface area contributed by atoms with Crippen LogP contribution in [0.25, 0.3) is 0 Å². The maximum Gasteiger partial charge on any atom is 0.283 e. The van der Waals surface area contributed by atoms with Crippen LogP contribution in [0.1, 0.15) is 10.4 Å². The number of hydrogen-bond acceptors (Lipinski definition) is 3. The second-order valence-corrected chi connectivity index (χ2v) is 3.46. The summed E-state index contributed by atoms with van der Waals surface area (Å²) in [5.41, 5.74) is 4.10. The fraction of sp³-hybridized carbons (Fsp3) is 0. The quantitative estimate of drug-likeness (QED) is 0.509. The average molecular weight is 310 g/mol. The molecule has 0 fully saturated rings. The number of hydrogen-bond donors (Lipinski definition) is 1. The topological polar surface area (TPSA) is 86.2 Å². The van der Waals surface area contributed by atoms with Crippen molar-refractivity contribution in [1.29, 1.82) is 0 Å². The van der Waals surface area contributed by atoms with Crippen LogP contribution in [0.5, 0.6) is 0 Å². The lowest BCUT2D eigenvalue weighted by Gasteiger charge is -2.01. The van der Waals surface area contributed by atoms with Crippen LogP contribution < -0.4 is 5.73 Å². The molecule has 1 rings (SSSR count). The summed E-state index contributed by atoms with van der Waals surface area (Å²) in [5.74, 6) is -1.87. The van der Waals surface area contributed by atoms with Crippen LogP contribution in [-0.4, -0.2) is 10.8 Å².